The molecule has 0 heterocycles. The number of rotatable bonds is 1. The first kappa shape index (κ1) is 15.6. The van der Waals surface area contributed by atoms with E-state index >= 15 is 0 Å². The maximum absolute atomic E-state index is 12.2. The summed E-state index contributed by atoms with van der Waals surface area (Å²) in [7, 11) is 0. The van der Waals surface area contributed by atoms with Crippen molar-refractivity contribution in [2.24, 2.45) is 28.6 Å². The number of allylic oxidation sites excluding steroid dienone is 3. The Morgan fingerprint density at radius 2 is 1.96 bits per heavy atom. The molecule has 0 aromatic rings. The summed E-state index contributed by atoms with van der Waals surface area (Å²) in [6.45, 7) is 7.10. The van der Waals surface area contributed by atoms with E-state index in [9.17, 15) is 9.90 Å². The van der Waals surface area contributed by atoms with E-state index in [1.807, 2.05) is 0 Å². The Kier molecular flexibility index (Phi) is 3.43. The molecule has 0 amide bonds. The molecule has 0 radical (unpaired) electrons. The first-order valence-electron chi connectivity index (χ1n) is 9.50. The molecule has 4 rings (SSSR count). The summed E-state index contributed by atoms with van der Waals surface area (Å²) in [5, 5.41) is 9.99. The predicted molar refractivity (Wildman–Crippen MR) is 91.9 cm³/mol. The summed E-state index contributed by atoms with van der Waals surface area (Å²) in [4.78, 5) is 12.2. The summed E-state index contributed by atoms with van der Waals surface area (Å²) in [6, 6.07) is 0. The lowest BCUT2D eigenvalue weighted by molar-refractivity contribution is -0.134. The zero-order valence-corrected chi connectivity index (χ0v) is 14.8. The van der Waals surface area contributed by atoms with Crippen LogP contribution in [0.5, 0.6) is 0 Å². The minimum atomic E-state index is -0.750. The molecule has 0 bridgehead atoms. The van der Waals surface area contributed by atoms with E-state index in [2.05, 4.69) is 32.9 Å². The van der Waals surface area contributed by atoms with Gasteiger partial charge in [0.2, 0.25) is 0 Å². The highest BCUT2D eigenvalue weighted by molar-refractivity contribution is 5.85. The minimum absolute atomic E-state index is 0.00945. The number of hydrogen-bond donors (Lipinski definition) is 1. The summed E-state index contributed by atoms with van der Waals surface area (Å²) < 4.78 is 0. The zero-order chi connectivity index (χ0) is 16.4. The van der Waals surface area contributed by atoms with Gasteiger partial charge in [0.15, 0.2) is 5.78 Å². The molecule has 0 spiro atoms. The standard InChI is InChI=1S/C21H30O2/c1-4-13-6-8-16-15-7-5-14-11-18(22)19(23)12-21(14,3)17(15)9-10-20(13,16)2/h5-6,15-18,22H,4,7-12H2,1-3H3/t15-,16-,17-,18?,20+,21-/m0/s1. The van der Waals surface area contributed by atoms with Crippen LogP contribution in [-0.4, -0.2) is 17.0 Å². The predicted octanol–water partition coefficient (Wildman–Crippen LogP) is 4.44. The Hall–Kier alpha value is -0.890. The van der Waals surface area contributed by atoms with Crippen molar-refractivity contribution in [3.63, 3.8) is 0 Å². The molecule has 2 heteroatoms. The zero-order valence-electron chi connectivity index (χ0n) is 14.8. The van der Waals surface area contributed by atoms with Crippen molar-refractivity contribution in [1.82, 2.24) is 0 Å². The number of aliphatic hydroxyl groups excluding tert-OH is 1. The fourth-order valence-corrected chi connectivity index (χ4v) is 6.72. The maximum atomic E-state index is 12.2. The van der Waals surface area contributed by atoms with Gasteiger partial charge in [-0.05, 0) is 60.7 Å². The van der Waals surface area contributed by atoms with Gasteiger partial charge in [0, 0.05) is 12.8 Å². The quantitative estimate of drug-likeness (QED) is 0.727. The molecular formula is C21H30O2. The maximum Gasteiger partial charge on any atom is 0.162 e. The van der Waals surface area contributed by atoms with Crippen molar-refractivity contribution < 1.29 is 9.90 Å². The first-order chi connectivity index (χ1) is 10.9. The lowest BCUT2D eigenvalue weighted by Crippen LogP contribution is -2.51. The molecule has 2 nitrogen and oxygen atoms in total. The third kappa shape index (κ3) is 2.00. The third-order valence-corrected chi connectivity index (χ3v) is 8.07. The van der Waals surface area contributed by atoms with Crippen molar-refractivity contribution in [1.29, 1.82) is 0 Å². The summed E-state index contributed by atoms with van der Waals surface area (Å²) in [6.07, 6.45) is 11.4. The van der Waals surface area contributed by atoms with Crippen LogP contribution >= 0.6 is 0 Å². The third-order valence-electron chi connectivity index (χ3n) is 8.07. The van der Waals surface area contributed by atoms with E-state index < -0.39 is 6.10 Å². The van der Waals surface area contributed by atoms with Crippen LogP contribution in [-0.2, 0) is 4.79 Å². The molecule has 126 valence electrons. The van der Waals surface area contributed by atoms with Crippen LogP contribution in [0.2, 0.25) is 0 Å². The van der Waals surface area contributed by atoms with Crippen molar-refractivity contribution in [3.05, 3.63) is 23.3 Å². The van der Waals surface area contributed by atoms with Crippen LogP contribution in [0.4, 0.5) is 0 Å². The molecule has 2 saturated carbocycles. The van der Waals surface area contributed by atoms with Crippen molar-refractivity contribution in [3.8, 4) is 0 Å². The number of fused-ring (bicyclic) bond motifs is 5. The van der Waals surface area contributed by atoms with Gasteiger partial charge < -0.3 is 5.11 Å². The number of hydrogen-bond acceptors (Lipinski definition) is 2. The number of ketones is 1. The average molecular weight is 314 g/mol. The Bertz CT molecular complexity index is 601. The van der Waals surface area contributed by atoms with E-state index in [0.29, 0.717) is 30.1 Å². The monoisotopic (exact) mass is 314 g/mol. The van der Waals surface area contributed by atoms with E-state index in [4.69, 9.17) is 0 Å². The van der Waals surface area contributed by atoms with Gasteiger partial charge in [-0.1, -0.05) is 44.1 Å². The van der Waals surface area contributed by atoms with Crippen LogP contribution < -0.4 is 0 Å². The molecule has 23 heavy (non-hydrogen) atoms. The van der Waals surface area contributed by atoms with Gasteiger partial charge in [0.25, 0.3) is 0 Å². The molecule has 1 unspecified atom stereocenters. The van der Waals surface area contributed by atoms with Gasteiger partial charge in [-0.2, -0.15) is 0 Å². The second-order valence-corrected chi connectivity index (χ2v) is 8.90. The number of aliphatic hydroxyl groups is 1. The van der Waals surface area contributed by atoms with Crippen molar-refractivity contribution in [2.75, 3.05) is 0 Å². The van der Waals surface area contributed by atoms with Crippen molar-refractivity contribution in [2.45, 2.75) is 71.8 Å². The summed E-state index contributed by atoms with van der Waals surface area (Å²) in [5.41, 5.74) is 3.46. The lowest BCUT2D eigenvalue weighted by atomic mass is 9.47. The van der Waals surface area contributed by atoms with Crippen molar-refractivity contribution >= 4 is 5.78 Å². The Morgan fingerprint density at radius 1 is 1.17 bits per heavy atom. The lowest BCUT2D eigenvalue weighted by Gasteiger charge is -2.57. The van der Waals surface area contributed by atoms with E-state index in [0.717, 1.165) is 12.3 Å². The van der Waals surface area contributed by atoms with E-state index in [1.54, 1.807) is 5.57 Å². The van der Waals surface area contributed by atoms with Gasteiger partial charge in [0.05, 0.1) is 0 Å². The van der Waals surface area contributed by atoms with Crippen LogP contribution in [0, 0.1) is 28.6 Å². The molecule has 1 N–H and O–H groups in total. The van der Waals surface area contributed by atoms with Crippen LogP contribution in [0.1, 0.15) is 65.7 Å². The van der Waals surface area contributed by atoms with Gasteiger partial charge in [-0.3, -0.25) is 4.79 Å². The second kappa shape index (κ2) is 5.05. The van der Waals surface area contributed by atoms with Gasteiger partial charge in [-0.25, -0.2) is 0 Å². The number of carbonyl (C=O) groups excluding carboxylic acids is 1. The fraction of sp³-hybridized carbons (Fsp3) is 0.762. The topological polar surface area (TPSA) is 37.3 Å². The summed E-state index contributed by atoms with van der Waals surface area (Å²) >= 11 is 0. The van der Waals surface area contributed by atoms with E-state index in [1.165, 1.54) is 31.3 Å². The highest BCUT2D eigenvalue weighted by Crippen LogP contribution is 2.64. The molecular weight excluding hydrogens is 284 g/mol. The SMILES string of the molecule is CCC1=CC[C@H]2[C@@H]3CC=C4CC(O)C(=O)C[C@]4(C)[C@H]3CC[C@]12C. The van der Waals surface area contributed by atoms with Crippen LogP contribution in [0.15, 0.2) is 23.3 Å². The molecule has 6 atom stereocenters. The second-order valence-electron chi connectivity index (χ2n) is 8.90. The molecule has 4 aliphatic carbocycles. The largest absolute Gasteiger partial charge is 0.385 e. The minimum Gasteiger partial charge on any atom is -0.385 e. The van der Waals surface area contributed by atoms with Crippen LogP contribution in [0.25, 0.3) is 0 Å². The normalized spacial score (nSPS) is 49.0. The average Bonchev–Trinajstić information content (AvgIpc) is 2.85. The van der Waals surface area contributed by atoms with E-state index in [-0.39, 0.29) is 11.2 Å². The fourth-order valence-electron chi connectivity index (χ4n) is 6.72. The Morgan fingerprint density at radius 3 is 2.70 bits per heavy atom. The molecule has 0 saturated heterocycles. The highest BCUT2D eigenvalue weighted by Gasteiger charge is 2.57. The highest BCUT2D eigenvalue weighted by atomic mass is 16.3. The van der Waals surface area contributed by atoms with Crippen LogP contribution in [0.3, 0.4) is 0 Å². The molecule has 0 aromatic carbocycles. The van der Waals surface area contributed by atoms with Gasteiger partial charge in [-0.15, -0.1) is 0 Å². The Balaban J connectivity index is 1.68. The molecule has 2 fully saturated rings. The smallest absolute Gasteiger partial charge is 0.162 e. The van der Waals surface area contributed by atoms with Gasteiger partial charge in [0.1, 0.15) is 6.10 Å². The molecule has 0 aliphatic heterocycles. The number of Topliss-reactive ketones (excluding diaryl/α,β-unsaturated/α-hetero) is 1. The summed E-state index contributed by atoms with van der Waals surface area (Å²) in [5.74, 6) is 2.16. The Labute approximate surface area is 140 Å². The molecule has 0 aromatic heterocycles. The first-order valence-corrected chi connectivity index (χ1v) is 9.50. The number of carbonyl (C=O) groups is 1. The van der Waals surface area contributed by atoms with Gasteiger partial charge >= 0.3 is 0 Å². The molecule has 4 aliphatic rings.